The van der Waals surface area contributed by atoms with E-state index in [1.165, 1.54) is 154 Å². The summed E-state index contributed by atoms with van der Waals surface area (Å²) in [4.78, 5) is 72.6. The topological polar surface area (TPSA) is 237 Å². The van der Waals surface area contributed by atoms with Gasteiger partial charge in [0.25, 0.3) is 0 Å². The zero-order chi connectivity index (χ0) is 67.5. The third-order valence-corrected chi connectivity index (χ3v) is 19.2. The second-order valence-electron chi connectivity index (χ2n) is 27.4. The molecule has 7 atom stereocenters. The van der Waals surface area contributed by atoms with Gasteiger partial charge in [0.2, 0.25) is 0 Å². The number of unbranched alkanes of at least 4 members (excludes halogenated alkanes) is 33. The normalized spacial score (nSPS) is 14.8. The fourth-order valence-electron chi connectivity index (χ4n) is 10.8. The van der Waals surface area contributed by atoms with E-state index < -0.39 is 97.5 Å². The molecular weight excluding hydrogens is 1200 g/mol. The van der Waals surface area contributed by atoms with Crippen molar-refractivity contribution in [3.63, 3.8) is 0 Å². The molecule has 0 amide bonds. The lowest BCUT2D eigenvalue weighted by atomic mass is 9.99. The molecule has 0 saturated carbocycles. The summed E-state index contributed by atoms with van der Waals surface area (Å²) in [6.45, 7) is 14.2. The fraction of sp³-hybridized carbons (Fsp3) is 0.944. The molecule has 0 fully saturated rings. The summed E-state index contributed by atoms with van der Waals surface area (Å²) in [7, 11) is -9.91. The van der Waals surface area contributed by atoms with Crippen LogP contribution < -0.4 is 0 Å². The van der Waals surface area contributed by atoms with Crippen LogP contribution in [-0.4, -0.2) is 96.7 Å². The van der Waals surface area contributed by atoms with E-state index in [9.17, 15) is 43.2 Å². The highest BCUT2D eigenvalue weighted by molar-refractivity contribution is 7.47. The van der Waals surface area contributed by atoms with E-state index in [-0.39, 0.29) is 25.7 Å². The van der Waals surface area contributed by atoms with Crippen LogP contribution in [0, 0.1) is 23.7 Å². The molecule has 0 heterocycles. The Balaban J connectivity index is 5.27. The van der Waals surface area contributed by atoms with Crippen molar-refractivity contribution in [2.24, 2.45) is 23.7 Å². The first-order valence-electron chi connectivity index (χ1n) is 37.3. The van der Waals surface area contributed by atoms with E-state index in [0.717, 1.165) is 114 Å². The summed E-state index contributed by atoms with van der Waals surface area (Å²) >= 11 is 0. The van der Waals surface area contributed by atoms with Crippen LogP contribution in [-0.2, 0) is 65.4 Å². The van der Waals surface area contributed by atoms with E-state index in [1.54, 1.807) is 0 Å². The Labute approximate surface area is 556 Å². The maximum atomic E-state index is 13.0. The number of carbonyl (C=O) groups excluding carboxylic acids is 4. The molecule has 0 spiro atoms. The van der Waals surface area contributed by atoms with Gasteiger partial charge in [0.1, 0.15) is 19.3 Å². The van der Waals surface area contributed by atoms with Crippen molar-refractivity contribution in [3.05, 3.63) is 0 Å². The second-order valence-corrected chi connectivity index (χ2v) is 30.3. The summed E-state index contributed by atoms with van der Waals surface area (Å²) in [6.07, 6.45) is 44.3. The van der Waals surface area contributed by atoms with Gasteiger partial charge in [-0.25, -0.2) is 9.13 Å². The highest BCUT2D eigenvalue weighted by atomic mass is 31.2. The Kier molecular flexibility index (Phi) is 60.3. The van der Waals surface area contributed by atoms with E-state index >= 15 is 0 Å². The molecule has 0 saturated heterocycles. The number of aliphatic hydroxyl groups is 1. The molecule has 540 valence electrons. The molecule has 91 heavy (non-hydrogen) atoms. The van der Waals surface area contributed by atoms with Crippen LogP contribution in [0.25, 0.3) is 0 Å². The molecular formula is C72H140O17P2. The Bertz CT molecular complexity index is 1800. The van der Waals surface area contributed by atoms with Crippen LogP contribution in [0.4, 0.5) is 0 Å². The smallest absolute Gasteiger partial charge is 0.462 e. The number of phosphoric ester groups is 2. The van der Waals surface area contributed by atoms with Crippen LogP contribution in [0.5, 0.6) is 0 Å². The van der Waals surface area contributed by atoms with Gasteiger partial charge in [-0.2, -0.15) is 0 Å². The Hall–Kier alpha value is -1.94. The summed E-state index contributed by atoms with van der Waals surface area (Å²) in [5, 5.41) is 10.6. The first-order valence-corrected chi connectivity index (χ1v) is 40.3. The molecule has 0 aliphatic carbocycles. The van der Waals surface area contributed by atoms with Crippen LogP contribution in [0.1, 0.15) is 357 Å². The molecule has 19 heteroatoms. The van der Waals surface area contributed by atoms with Crippen LogP contribution in [0.3, 0.4) is 0 Å². The minimum Gasteiger partial charge on any atom is -0.462 e. The predicted molar refractivity (Wildman–Crippen MR) is 367 cm³/mol. The van der Waals surface area contributed by atoms with Crippen molar-refractivity contribution in [3.8, 4) is 0 Å². The molecule has 0 aromatic carbocycles. The number of phosphoric acid groups is 2. The van der Waals surface area contributed by atoms with E-state index in [0.29, 0.717) is 31.6 Å². The van der Waals surface area contributed by atoms with Crippen LogP contribution in [0.2, 0.25) is 0 Å². The third kappa shape index (κ3) is 63.9. The third-order valence-electron chi connectivity index (χ3n) is 17.3. The minimum absolute atomic E-state index is 0.105. The number of hydrogen-bond acceptors (Lipinski definition) is 15. The number of aliphatic hydroxyl groups excluding tert-OH is 1. The van der Waals surface area contributed by atoms with Gasteiger partial charge >= 0.3 is 39.5 Å². The number of ether oxygens (including phenoxy) is 4. The molecule has 0 radical (unpaired) electrons. The van der Waals surface area contributed by atoms with Gasteiger partial charge in [0.15, 0.2) is 12.2 Å². The quantitative estimate of drug-likeness (QED) is 0.0222. The summed E-state index contributed by atoms with van der Waals surface area (Å²) < 4.78 is 68.4. The van der Waals surface area contributed by atoms with Crippen molar-refractivity contribution in [1.82, 2.24) is 0 Å². The second kappa shape index (κ2) is 61.6. The van der Waals surface area contributed by atoms with E-state index in [2.05, 4.69) is 55.4 Å². The maximum absolute atomic E-state index is 13.0. The minimum atomic E-state index is -4.95. The van der Waals surface area contributed by atoms with Gasteiger partial charge in [0, 0.05) is 25.7 Å². The zero-order valence-corrected chi connectivity index (χ0v) is 61.3. The summed E-state index contributed by atoms with van der Waals surface area (Å²) in [5.74, 6) is 0.943. The van der Waals surface area contributed by atoms with Crippen molar-refractivity contribution >= 4 is 39.5 Å². The SMILES string of the molecule is CCC(C)CCCCCCCCCCCCC(=O)O[C@H](COC(=O)CCCCCCCCCCCCC(C)C)COP(=O)(O)OCC(O)COP(=O)(O)OC[C@@H](COC(=O)CCCCCCCCCC(C)C)OC(=O)CCCCCCCCCCCCC(C)CC. The molecule has 5 unspecified atom stereocenters. The Morgan fingerprint density at radius 2 is 0.527 bits per heavy atom. The number of carbonyl (C=O) groups is 4. The highest BCUT2D eigenvalue weighted by Gasteiger charge is 2.30. The highest BCUT2D eigenvalue weighted by Crippen LogP contribution is 2.45. The average molecular weight is 1340 g/mol. The number of esters is 4. The Morgan fingerprint density at radius 1 is 0.308 bits per heavy atom. The van der Waals surface area contributed by atoms with Crippen molar-refractivity contribution < 1.29 is 80.2 Å². The molecule has 0 aromatic rings. The molecule has 3 N–H and O–H groups in total. The number of hydrogen-bond donors (Lipinski definition) is 3. The van der Waals surface area contributed by atoms with Crippen LogP contribution >= 0.6 is 15.6 Å². The fourth-order valence-corrected chi connectivity index (χ4v) is 12.4. The monoisotopic (exact) mass is 1340 g/mol. The molecule has 0 aliphatic rings. The van der Waals surface area contributed by atoms with Crippen LogP contribution in [0.15, 0.2) is 0 Å². The van der Waals surface area contributed by atoms with Gasteiger partial charge in [-0.1, -0.05) is 306 Å². The van der Waals surface area contributed by atoms with Gasteiger partial charge in [-0.3, -0.25) is 37.3 Å². The molecule has 17 nitrogen and oxygen atoms in total. The van der Waals surface area contributed by atoms with E-state index in [4.69, 9.17) is 37.0 Å². The Morgan fingerprint density at radius 3 is 0.780 bits per heavy atom. The van der Waals surface area contributed by atoms with Gasteiger partial charge in [-0.05, 0) is 49.4 Å². The van der Waals surface area contributed by atoms with Crippen molar-refractivity contribution in [1.29, 1.82) is 0 Å². The van der Waals surface area contributed by atoms with Gasteiger partial charge in [0.05, 0.1) is 26.4 Å². The molecule has 0 rings (SSSR count). The first-order chi connectivity index (χ1) is 43.7. The number of rotatable bonds is 69. The summed E-state index contributed by atoms with van der Waals surface area (Å²) in [6, 6.07) is 0. The van der Waals surface area contributed by atoms with Crippen molar-refractivity contribution in [2.45, 2.75) is 375 Å². The van der Waals surface area contributed by atoms with E-state index in [1.807, 2.05) is 0 Å². The van der Waals surface area contributed by atoms with Gasteiger partial charge < -0.3 is 33.8 Å². The molecule has 0 bridgehead atoms. The van der Waals surface area contributed by atoms with Gasteiger partial charge in [-0.15, -0.1) is 0 Å². The predicted octanol–water partition coefficient (Wildman–Crippen LogP) is 20.5. The lowest BCUT2D eigenvalue weighted by Crippen LogP contribution is -2.30. The molecule has 0 aromatic heterocycles. The molecule has 0 aliphatic heterocycles. The largest absolute Gasteiger partial charge is 0.472 e. The first kappa shape index (κ1) is 89.1. The average Bonchev–Trinajstić information content (AvgIpc) is 3.46. The van der Waals surface area contributed by atoms with Crippen molar-refractivity contribution in [2.75, 3.05) is 39.6 Å². The standard InChI is InChI=1S/C72H140O17P2/c1-9-64(7)50-42-34-26-18-12-15-21-29-38-46-54-71(76)88-67(58-82-69(74)52-44-36-28-20-14-11-17-24-32-40-48-62(3)4)60-86-90(78,79)84-56-66(73)57-85-91(80,81)87-61-68(59-83-70(75)53-45-37-31-23-25-33-41-49-63(5)6)89-72(77)55-47-39-30-22-16-13-19-27-35-43-51-65(8)10-2/h62-68,73H,9-61H2,1-8H3,(H,78,79)(H,80,81)/t64?,65?,66?,67-,68-/m1/s1. The zero-order valence-electron chi connectivity index (χ0n) is 59.5. The lowest BCUT2D eigenvalue weighted by Gasteiger charge is -2.21. The lowest BCUT2D eigenvalue weighted by molar-refractivity contribution is -0.161. The maximum Gasteiger partial charge on any atom is 0.472 e. The summed E-state index contributed by atoms with van der Waals surface area (Å²) in [5.41, 5.74) is 0.